The predicted molar refractivity (Wildman–Crippen MR) is 90.0 cm³/mol. The molecule has 0 heterocycles. The Balaban J connectivity index is 1.90. The highest BCUT2D eigenvalue weighted by Crippen LogP contribution is 2.14. The number of halogens is 2. The van der Waals surface area contributed by atoms with E-state index in [1.807, 2.05) is 24.3 Å². The van der Waals surface area contributed by atoms with Gasteiger partial charge in [0.05, 0.1) is 6.21 Å². The fraction of sp³-hybridized carbons (Fsp3) is 0. The zero-order valence-corrected chi connectivity index (χ0v) is 13.6. The fourth-order valence-corrected chi connectivity index (χ4v) is 2.16. The highest BCUT2D eigenvalue weighted by atomic mass is 79.9. The standard InChI is InChI=1S/C15H11BrClN3O2/c16-11-4-1-3-10(7-11)9-18-20-15(22)14(21)19-13-6-2-5-12(17)8-13/h1-9H,(H,19,21)(H,20,22)/b18-9+. The summed E-state index contributed by atoms with van der Waals surface area (Å²) < 4.78 is 0.890. The Hall–Kier alpha value is -2.18. The van der Waals surface area contributed by atoms with Gasteiger partial charge >= 0.3 is 11.8 Å². The average Bonchev–Trinajstić information content (AvgIpc) is 2.47. The molecule has 2 amide bonds. The number of hydrogen-bond donors (Lipinski definition) is 2. The Morgan fingerprint density at radius 3 is 2.59 bits per heavy atom. The van der Waals surface area contributed by atoms with Crippen molar-refractivity contribution in [1.82, 2.24) is 5.43 Å². The zero-order valence-electron chi connectivity index (χ0n) is 11.2. The minimum absolute atomic E-state index is 0.434. The van der Waals surface area contributed by atoms with E-state index < -0.39 is 11.8 Å². The van der Waals surface area contributed by atoms with Gasteiger partial charge < -0.3 is 5.32 Å². The number of nitrogens with one attached hydrogen (secondary N) is 2. The summed E-state index contributed by atoms with van der Waals surface area (Å²) in [5, 5.41) is 6.62. The van der Waals surface area contributed by atoms with Gasteiger partial charge in [-0.25, -0.2) is 5.43 Å². The number of amides is 2. The monoisotopic (exact) mass is 379 g/mol. The Morgan fingerprint density at radius 2 is 1.86 bits per heavy atom. The summed E-state index contributed by atoms with van der Waals surface area (Å²) in [6, 6.07) is 13.8. The number of rotatable bonds is 3. The highest BCUT2D eigenvalue weighted by molar-refractivity contribution is 9.10. The maximum absolute atomic E-state index is 11.7. The number of benzene rings is 2. The summed E-state index contributed by atoms with van der Waals surface area (Å²) in [4.78, 5) is 23.3. The summed E-state index contributed by atoms with van der Waals surface area (Å²) in [5.74, 6) is -1.69. The molecule has 0 radical (unpaired) electrons. The second-order valence-electron chi connectivity index (χ2n) is 4.22. The molecule has 112 valence electrons. The van der Waals surface area contributed by atoms with Crippen molar-refractivity contribution in [1.29, 1.82) is 0 Å². The van der Waals surface area contributed by atoms with Crippen LogP contribution >= 0.6 is 27.5 Å². The average molecular weight is 381 g/mol. The molecule has 0 saturated heterocycles. The fourth-order valence-electron chi connectivity index (χ4n) is 1.56. The van der Waals surface area contributed by atoms with Gasteiger partial charge in [-0.05, 0) is 35.9 Å². The van der Waals surface area contributed by atoms with E-state index in [1.165, 1.54) is 12.3 Å². The Bertz CT molecular complexity index is 734. The second kappa shape index (κ2) is 7.72. The number of nitrogens with zero attached hydrogens (tertiary/aromatic N) is 1. The quantitative estimate of drug-likeness (QED) is 0.488. The van der Waals surface area contributed by atoms with Crippen LogP contribution in [0.2, 0.25) is 5.02 Å². The molecule has 0 aliphatic heterocycles. The minimum Gasteiger partial charge on any atom is -0.318 e. The van der Waals surface area contributed by atoms with Crippen LogP contribution in [0.25, 0.3) is 0 Å². The summed E-state index contributed by atoms with van der Waals surface area (Å²) in [7, 11) is 0. The molecule has 7 heteroatoms. The van der Waals surface area contributed by atoms with E-state index in [4.69, 9.17) is 11.6 Å². The maximum Gasteiger partial charge on any atom is 0.329 e. The first-order chi connectivity index (χ1) is 10.5. The Labute approximate surface area is 140 Å². The van der Waals surface area contributed by atoms with Gasteiger partial charge in [-0.2, -0.15) is 5.10 Å². The number of anilines is 1. The molecule has 0 aliphatic rings. The van der Waals surface area contributed by atoms with Crippen molar-refractivity contribution in [2.24, 2.45) is 5.10 Å². The first-order valence-corrected chi connectivity index (χ1v) is 7.37. The van der Waals surface area contributed by atoms with E-state index in [1.54, 1.807) is 18.2 Å². The molecular formula is C15H11BrClN3O2. The van der Waals surface area contributed by atoms with Crippen LogP contribution in [0.4, 0.5) is 5.69 Å². The summed E-state index contributed by atoms with van der Waals surface area (Å²) in [5.41, 5.74) is 3.37. The van der Waals surface area contributed by atoms with Crippen LogP contribution < -0.4 is 10.7 Å². The van der Waals surface area contributed by atoms with Crippen molar-refractivity contribution in [2.45, 2.75) is 0 Å². The van der Waals surface area contributed by atoms with Crippen LogP contribution in [-0.2, 0) is 9.59 Å². The molecule has 2 aromatic carbocycles. The minimum atomic E-state index is -0.869. The number of carbonyl (C=O) groups is 2. The molecule has 0 fully saturated rings. The van der Waals surface area contributed by atoms with E-state index in [0.29, 0.717) is 10.7 Å². The summed E-state index contributed by atoms with van der Waals surface area (Å²) >= 11 is 9.12. The van der Waals surface area contributed by atoms with Gasteiger partial charge in [-0.3, -0.25) is 9.59 Å². The van der Waals surface area contributed by atoms with Crippen molar-refractivity contribution < 1.29 is 9.59 Å². The largest absolute Gasteiger partial charge is 0.329 e. The van der Waals surface area contributed by atoms with Gasteiger partial charge in [0.15, 0.2) is 0 Å². The van der Waals surface area contributed by atoms with Gasteiger partial charge in [0.1, 0.15) is 0 Å². The summed E-state index contributed by atoms with van der Waals surface area (Å²) in [6.07, 6.45) is 1.44. The van der Waals surface area contributed by atoms with Crippen molar-refractivity contribution in [3.63, 3.8) is 0 Å². The Morgan fingerprint density at radius 1 is 1.09 bits per heavy atom. The lowest BCUT2D eigenvalue weighted by Gasteiger charge is -2.04. The molecule has 0 saturated carbocycles. The molecule has 5 nitrogen and oxygen atoms in total. The zero-order chi connectivity index (χ0) is 15.9. The maximum atomic E-state index is 11.7. The number of hydrazone groups is 1. The third-order valence-corrected chi connectivity index (χ3v) is 3.25. The van der Waals surface area contributed by atoms with E-state index in [9.17, 15) is 9.59 Å². The molecule has 0 unspecified atom stereocenters. The van der Waals surface area contributed by atoms with E-state index in [2.05, 4.69) is 31.8 Å². The number of hydrogen-bond acceptors (Lipinski definition) is 3. The van der Waals surface area contributed by atoms with Crippen LogP contribution in [0.5, 0.6) is 0 Å². The molecule has 0 aromatic heterocycles. The van der Waals surface area contributed by atoms with Crippen molar-refractivity contribution in [2.75, 3.05) is 5.32 Å². The van der Waals surface area contributed by atoms with Gasteiger partial charge in [-0.15, -0.1) is 0 Å². The lowest BCUT2D eigenvalue weighted by atomic mass is 10.2. The van der Waals surface area contributed by atoms with Crippen LogP contribution in [0.3, 0.4) is 0 Å². The topological polar surface area (TPSA) is 70.6 Å². The van der Waals surface area contributed by atoms with Crippen molar-refractivity contribution in [3.8, 4) is 0 Å². The lowest BCUT2D eigenvalue weighted by Crippen LogP contribution is -2.32. The second-order valence-corrected chi connectivity index (χ2v) is 5.57. The molecule has 0 bridgehead atoms. The molecule has 0 atom stereocenters. The molecular weight excluding hydrogens is 370 g/mol. The van der Waals surface area contributed by atoms with Crippen molar-refractivity contribution >= 4 is 51.2 Å². The third kappa shape index (κ3) is 4.98. The first-order valence-electron chi connectivity index (χ1n) is 6.20. The van der Waals surface area contributed by atoms with Crippen LogP contribution in [0.15, 0.2) is 58.1 Å². The normalized spacial score (nSPS) is 10.5. The predicted octanol–water partition coefficient (Wildman–Crippen LogP) is 3.19. The lowest BCUT2D eigenvalue weighted by molar-refractivity contribution is -0.136. The van der Waals surface area contributed by atoms with Gasteiger partial charge in [0, 0.05) is 15.2 Å². The van der Waals surface area contributed by atoms with Crippen LogP contribution in [0, 0.1) is 0 Å². The molecule has 2 N–H and O–H groups in total. The summed E-state index contributed by atoms with van der Waals surface area (Å²) in [6.45, 7) is 0. The molecule has 0 spiro atoms. The van der Waals surface area contributed by atoms with Crippen LogP contribution in [0.1, 0.15) is 5.56 Å². The molecule has 2 rings (SSSR count). The van der Waals surface area contributed by atoms with E-state index in [0.717, 1.165) is 10.0 Å². The molecule has 22 heavy (non-hydrogen) atoms. The highest BCUT2D eigenvalue weighted by Gasteiger charge is 2.12. The first kappa shape index (κ1) is 16.2. The van der Waals surface area contributed by atoms with Crippen LogP contribution in [-0.4, -0.2) is 18.0 Å². The van der Waals surface area contributed by atoms with Gasteiger partial charge in [-0.1, -0.05) is 45.7 Å². The SMILES string of the molecule is O=C(N/N=C/c1cccc(Br)c1)C(=O)Nc1cccc(Cl)c1. The molecule has 0 aliphatic carbocycles. The van der Waals surface area contributed by atoms with Gasteiger partial charge in [0.25, 0.3) is 0 Å². The number of carbonyl (C=O) groups excluding carboxylic acids is 2. The Kier molecular flexibility index (Phi) is 5.68. The van der Waals surface area contributed by atoms with E-state index >= 15 is 0 Å². The molecule has 2 aromatic rings. The van der Waals surface area contributed by atoms with E-state index in [-0.39, 0.29) is 0 Å². The van der Waals surface area contributed by atoms with Crippen molar-refractivity contribution in [3.05, 3.63) is 63.6 Å². The smallest absolute Gasteiger partial charge is 0.318 e. The van der Waals surface area contributed by atoms with Gasteiger partial charge in [0.2, 0.25) is 0 Å². The third-order valence-electron chi connectivity index (χ3n) is 2.52.